The van der Waals surface area contributed by atoms with Crippen LogP contribution < -0.4 is 10.5 Å². The van der Waals surface area contributed by atoms with E-state index in [2.05, 4.69) is 14.9 Å². The second-order valence-electron chi connectivity index (χ2n) is 8.21. The van der Waals surface area contributed by atoms with E-state index >= 15 is 0 Å². The first-order valence-electron chi connectivity index (χ1n) is 10.4. The highest BCUT2D eigenvalue weighted by Crippen LogP contribution is 2.35. The van der Waals surface area contributed by atoms with Crippen molar-refractivity contribution in [1.82, 2.24) is 19.5 Å². The van der Waals surface area contributed by atoms with Crippen molar-refractivity contribution in [3.8, 4) is 11.3 Å². The summed E-state index contributed by atoms with van der Waals surface area (Å²) in [6.45, 7) is 5.33. The van der Waals surface area contributed by atoms with Crippen molar-refractivity contribution in [2.75, 3.05) is 24.6 Å². The first kappa shape index (κ1) is 21.9. The normalized spacial score (nSPS) is 18.8. The molecule has 3 aromatic heterocycles. The maximum absolute atomic E-state index is 15.0. The summed E-state index contributed by atoms with van der Waals surface area (Å²) in [7, 11) is 1.64. The zero-order chi connectivity index (χ0) is 23.3. The van der Waals surface area contributed by atoms with Gasteiger partial charge in [-0.15, -0.1) is 11.3 Å². The van der Waals surface area contributed by atoms with Gasteiger partial charge in [-0.2, -0.15) is 0 Å². The van der Waals surface area contributed by atoms with E-state index in [1.54, 1.807) is 38.4 Å². The van der Waals surface area contributed by atoms with Crippen molar-refractivity contribution in [3.05, 3.63) is 67.9 Å². The molecular formula is C23H21ClFN5O2S. The molecule has 1 atom stereocenters. The number of aryl methyl sites for hydroxylation is 1. The van der Waals surface area contributed by atoms with Gasteiger partial charge in [0, 0.05) is 41.8 Å². The van der Waals surface area contributed by atoms with Crippen LogP contribution in [0.1, 0.15) is 17.8 Å². The highest BCUT2D eigenvalue weighted by Gasteiger charge is 2.37. The Bertz CT molecular complexity index is 1420. The lowest BCUT2D eigenvalue weighted by atomic mass is 10.0. The summed E-state index contributed by atoms with van der Waals surface area (Å²) in [5.41, 5.74) is 0.0188. The molecular weight excluding hydrogens is 465 g/mol. The molecule has 1 saturated heterocycles. The minimum absolute atomic E-state index is 0.199. The van der Waals surface area contributed by atoms with Gasteiger partial charge in [-0.05, 0) is 32.0 Å². The molecule has 1 unspecified atom stereocenters. The van der Waals surface area contributed by atoms with Gasteiger partial charge in [-0.3, -0.25) is 9.36 Å². The van der Waals surface area contributed by atoms with Gasteiger partial charge in [-0.1, -0.05) is 11.6 Å². The Kier molecular flexibility index (Phi) is 5.43. The highest BCUT2D eigenvalue weighted by molar-refractivity contribution is 7.09. The number of rotatable bonds is 3. The summed E-state index contributed by atoms with van der Waals surface area (Å²) in [6, 6.07) is 6.13. The lowest BCUT2D eigenvalue weighted by Crippen LogP contribution is -2.48. The fraction of sp³-hybridized carbons (Fsp3) is 0.304. The molecule has 0 amide bonds. The monoisotopic (exact) mass is 485 g/mol. The summed E-state index contributed by atoms with van der Waals surface area (Å²) in [6.07, 6.45) is 1.76. The number of aromatic nitrogens is 4. The van der Waals surface area contributed by atoms with E-state index in [0.29, 0.717) is 36.9 Å². The molecule has 1 aliphatic heterocycles. The van der Waals surface area contributed by atoms with Crippen molar-refractivity contribution in [1.29, 1.82) is 0 Å². The Morgan fingerprint density at radius 3 is 2.82 bits per heavy atom. The van der Waals surface area contributed by atoms with E-state index in [0.717, 1.165) is 5.01 Å². The van der Waals surface area contributed by atoms with Crippen LogP contribution >= 0.6 is 22.9 Å². The molecule has 0 aliphatic carbocycles. The van der Waals surface area contributed by atoms with Gasteiger partial charge in [0.25, 0.3) is 5.56 Å². The first-order chi connectivity index (χ1) is 15.8. The lowest BCUT2D eigenvalue weighted by Gasteiger charge is -2.40. The van der Waals surface area contributed by atoms with E-state index < -0.39 is 11.4 Å². The van der Waals surface area contributed by atoms with Gasteiger partial charge < -0.3 is 9.64 Å². The third kappa shape index (κ3) is 3.80. The van der Waals surface area contributed by atoms with Crippen LogP contribution in [0.4, 0.5) is 10.2 Å². The molecule has 0 bridgehead atoms. The zero-order valence-electron chi connectivity index (χ0n) is 18.3. The largest absolute Gasteiger partial charge is 0.364 e. The molecule has 1 aromatic carbocycles. The highest BCUT2D eigenvalue weighted by atomic mass is 35.5. The standard InChI is InChI=1S/C23H21ClFN5O2S/c1-13-27-17-11-18(30-7-8-32-23(2,12-30)22-26-6-9-33-22)28-20(19(17)21(31)29(13)3)15-5-4-14(24)10-16(15)25/h4-6,9-11H,7-8,12H2,1-3H3. The summed E-state index contributed by atoms with van der Waals surface area (Å²) < 4.78 is 22.5. The number of thiazole rings is 1. The number of halogens is 2. The quantitative estimate of drug-likeness (QED) is 0.430. The van der Waals surface area contributed by atoms with Gasteiger partial charge >= 0.3 is 0 Å². The van der Waals surface area contributed by atoms with Crippen LogP contribution in [0.2, 0.25) is 5.02 Å². The van der Waals surface area contributed by atoms with E-state index in [1.807, 2.05) is 12.3 Å². The lowest BCUT2D eigenvalue weighted by molar-refractivity contribution is -0.0468. The van der Waals surface area contributed by atoms with Crippen LogP contribution in [-0.4, -0.2) is 39.2 Å². The van der Waals surface area contributed by atoms with Crippen LogP contribution in [-0.2, 0) is 17.4 Å². The average Bonchev–Trinajstić information content (AvgIpc) is 3.33. The van der Waals surface area contributed by atoms with Crippen LogP contribution in [0.15, 0.2) is 40.6 Å². The Labute approximate surface area is 198 Å². The molecule has 1 fully saturated rings. The van der Waals surface area contributed by atoms with Crippen molar-refractivity contribution in [2.24, 2.45) is 7.05 Å². The fourth-order valence-electron chi connectivity index (χ4n) is 4.10. The molecule has 1 aliphatic rings. The van der Waals surface area contributed by atoms with Crippen LogP contribution in [0, 0.1) is 12.7 Å². The van der Waals surface area contributed by atoms with E-state index in [-0.39, 0.29) is 27.2 Å². The van der Waals surface area contributed by atoms with Crippen LogP contribution in [0.3, 0.4) is 0 Å². The maximum Gasteiger partial charge on any atom is 0.263 e. The Morgan fingerprint density at radius 2 is 2.09 bits per heavy atom. The number of ether oxygens (including phenoxy) is 1. The molecule has 4 heterocycles. The van der Waals surface area contributed by atoms with Crippen LogP contribution in [0.5, 0.6) is 0 Å². The molecule has 0 saturated carbocycles. The second-order valence-corrected chi connectivity index (χ2v) is 9.54. The SMILES string of the molecule is Cc1nc2cc(N3CCOC(C)(c4nccs4)C3)nc(-c3ccc(Cl)cc3F)c2c(=O)n1C. The van der Waals surface area contributed by atoms with Gasteiger partial charge in [0.2, 0.25) is 0 Å². The van der Waals surface area contributed by atoms with Gasteiger partial charge in [-0.25, -0.2) is 19.3 Å². The third-order valence-electron chi connectivity index (χ3n) is 5.94. The summed E-state index contributed by atoms with van der Waals surface area (Å²) in [4.78, 5) is 29.1. The topological polar surface area (TPSA) is 73.1 Å². The zero-order valence-corrected chi connectivity index (χ0v) is 19.9. The maximum atomic E-state index is 15.0. The summed E-state index contributed by atoms with van der Waals surface area (Å²) >= 11 is 7.50. The Balaban J connectivity index is 1.71. The first-order valence-corrected chi connectivity index (χ1v) is 11.7. The van der Waals surface area contributed by atoms with Crippen LogP contribution in [0.25, 0.3) is 22.2 Å². The predicted molar refractivity (Wildman–Crippen MR) is 128 cm³/mol. The molecule has 10 heteroatoms. The van der Waals surface area contributed by atoms with E-state index in [4.69, 9.17) is 21.3 Å². The minimum atomic E-state index is -0.606. The van der Waals surface area contributed by atoms with E-state index in [1.165, 1.54) is 22.0 Å². The van der Waals surface area contributed by atoms with Crippen molar-refractivity contribution in [3.63, 3.8) is 0 Å². The number of nitrogens with zero attached hydrogens (tertiary/aromatic N) is 5. The van der Waals surface area contributed by atoms with Gasteiger partial charge in [0.1, 0.15) is 28.1 Å². The van der Waals surface area contributed by atoms with Crippen molar-refractivity contribution < 1.29 is 9.13 Å². The second kappa shape index (κ2) is 8.16. The Hall–Kier alpha value is -2.88. The smallest absolute Gasteiger partial charge is 0.263 e. The molecule has 170 valence electrons. The van der Waals surface area contributed by atoms with Gasteiger partial charge in [0.05, 0.1) is 29.7 Å². The third-order valence-corrected chi connectivity index (χ3v) is 7.19. The molecule has 7 nitrogen and oxygen atoms in total. The number of hydrogen-bond donors (Lipinski definition) is 0. The molecule has 33 heavy (non-hydrogen) atoms. The Morgan fingerprint density at radius 1 is 1.27 bits per heavy atom. The minimum Gasteiger partial charge on any atom is -0.364 e. The summed E-state index contributed by atoms with van der Waals surface area (Å²) in [5.74, 6) is 0.602. The fourth-order valence-corrected chi connectivity index (χ4v) is 5.00. The number of fused-ring (bicyclic) bond motifs is 1. The number of morpholine rings is 1. The molecule has 0 N–H and O–H groups in total. The number of benzene rings is 1. The summed E-state index contributed by atoms with van der Waals surface area (Å²) in [5, 5.41) is 3.33. The molecule has 0 radical (unpaired) electrons. The molecule has 4 aromatic rings. The molecule has 0 spiro atoms. The number of anilines is 1. The predicted octanol–water partition coefficient (Wildman–Crippen LogP) is 4.30. The van der Waals surface area contributed by atoms with Crippen molar-refractivity contribution in [2.45, 2.75) is 19.4 Å². The molecule has 5 rings (SSSR count). The number of hydrogen-bond acceptors (Lipinski definition) is 7. The van der Waals surface area contributed by atoms with Gasteiger partial charge in [0.15, 0.2) is 0 Å². The average molecular weight is 486 g/mol. The van der Waals surface area contributed by atoms with E-state index in [9.17, 15) is 9.18 Å². The number of pyridine rings is 1. The van der Waals surface area contributed by atoms with Crippen molar-refractivity contribution >= 4 is 39.7 Å².